The van der Waals surface area contributed by atoms with Crippen LogP contribution in [-0.2, 0) is 20.4 Å². The molecule has 2 aliphatic carbocycles. The van der Waals surface area contributed by atoms with E-state index in [1.54, 1.807) is 4.90 Å². The standard InChI is InChI=1S/C14H22N2OS.C13H21N3O2S/c1-9(8-18-14(2,3)4)13(17)16-11(7-15)5-10-6-12(10)16;1-13(2,3)19(18)7-10(15)12(17)16-9(6-14)4-8-5-11(8)16/h9-12H,5-6,8H2,1-4H3;8-11H,4-5,7,15H2,1-3H3/t9?,10-,11?,12+;8-,9?,10?,11+,19?/m11/s1. The van der Waals surface area contributed by atoms with Crippen LogP contribution in [0.15, 0.2) is 0 Å². The fourth-order valence-electron chi connectivity index (χ4n) is 5.15. The molecule has 8 nitrogen and oxygen atoms in total. The van der Waals surface area contributed by atoms with Gasteiger partial charge in [-0.25, -0.2) is 0 Å². The largest absolute Gasteiger partial charge is 0.323 e. The van der Waals surface area contributed by atoms with Gasteiger partial charge in [-0.15, -0.1) is 0 Å². The highest BCUT2D eigenvalue weighted by atomic mass is 32.2. The van der Waals surface area contributed by atoms with E-state index in [0.29, 0.717) is 17.9 Å². The number of piperidine rings is 2. The number of carbonyl (C=O) groups is 2. The Hall–Kier alpha value is -1.62. The maximum atomic E-state index is 12.4. The molecule has 9 atom stereocenters. The molecule has 10 heteroatoms. The Morgan fingerprint density at radius 3 is 1.81 bits per heavy atom. The molecule has 2 saturated heterocycles. The first kappa shape index (κ1) is 29.9. The van der Waals surface area contributed by atoms with Gasteiger partial charge in [0.1, 0.15) is 12.1 Å². The van der Waals surface area contributed by atoms with E-state index in [-0.39, 0.29) is 51.1 Å². The summed E-state index contributed by atoms with van der Waals surface area (Å²) in [5, 5.41) is 18.2. The second-order valence-electron chi connectivity index (χ2n) is 12.9. The third kappa shape index (κ3) is 7.28. The molecule has 4 aliphatic rings. The molecule has 2 heterocycles. The summed E-state index contributed by atoms with van der Waals surface area (Å²) >= 11 is 1.82. The van der Waals surface area contributed by atoms with Gasteiger partial charge < -0.3 is 15.5 Å². The highest BCUT2D eigenvalue weighted by molar-refractivity contribution is 8.00. The fraction of sp³-hybridized carbons (Fsp3) is 0.852. The minimum atomic E-state index is -1.15. The molecule has 0 spiro atoms. The van der Waals surface area contributed by atoms with Gasteiger partial charge in [-0.05, 0) is 58.3 Å². The zero-order chi connectivity index (χ0) is 27.9. The number of amides is 2. The van der Waals surface area contributed by atoms with Crippen molar-refractivity contribution >= 4 is 34.4 Å². The van der Waals surface area contributed by atoms with Crippen LogP contribution in [0.4, 0.5) is 0 Å². The van der Waals surface area contributed by atoms with Crippen LogP contribution in [0.2, 0.25) is 0 Å². The molecule has 2 N–H and O–H groups in total. The number of nitrogens with zero attached hydrogens (tertiary/aromatic N) is 4. The van der Waals surface area contributed by atoms with Gasteiger partial charge in [0.25, 0.3) is 0 Å². The lowest BCUT2D eigenvalue weighted by Crippen LogP contribution is -2.50. The summed E-state index contributed by atoms with van der Waals surface area (Å²) in [6, 6.07) is 3.75. The van der Waals surface area contributed by atoms with Crippen LogP contribution in [-0.4, -0.2) is 77.0 Å². The number of carbonyl (C=O) groups excluding carboxylic acids is 2. The van der Waals surface area contributed by atoms with E-state index in [1.807, 2.05) is 44.4 Å². The summed E-state index contributed by atoms with van der Waals surface area (Å²) in [7, 11) is -1.15. The van der Waals surface area contributed by atoms with Gasteiger partial charge in [-0.2, -0.15) is 22.3 Å². The second-order valence-corrected chi connectivity index (χ2v) is 17.0. The number of nitriles is 2. The molecule has 0 bridgehead atoms. The summed E-state index contributed by atoms with van der Waals surface area (Å²) in [6.07, 6.45) is 3.76. The van der Waals surface area contributed by atoms with Crippen LogP contribution < -0.4 is 5.73 Å². The van der Waals surface area contributed by atoms with E-state index < -0.39 is 16.8 Å². The quantitative estimate of drug-likeness (QED) is 0.539. The zero-order valence-electron chi connectivity index (χ0n) is 23.3. The molecule has 4 rings (SSSR count). The van der Waals surface area contributed by atoms with Gasteiger partial charge in [-0.3, -0.25) is 13.8 Å². The molecule has 2 aliphatic heterocycles. The summed E-state index contributed by atoms with van der Waals surface area (Å²) in [4.78, 5) is 28.3. The average molecular weight is 550 g/mol. The summed E-state index contributed by atoms with van der Waals surface area (Å²) in [5.41, 5.74) is 5.90. The first-order valence-electron chi connectivity index (χ1n) is 13.3. The van der Waals surface area contributed by atoms with Crippen LogP contribution in [0.1, 0.15) is 74.1 Å². The predicted octanol–water partition coefficient (Wildman–Crippen LogP) is 3.04. The Kier molecular flexibility index (Phi) is 9.09. The minimum absolute atomic E-state index is 0.0180. The van der Waals surface area contributed by atoms with E-state index in [1.165, 1.54) is 0 Å². The van der Waals surface area contributed by atoms with Crippen molar-refractivity contribution in [3.8, 4) is 12.1 Å². The third-order valence-electron chi connectivity index (χ3n) is 7.53. The lowest BCUT2D eigenvalue weighted by atomic mass is 10.1. The zero-order valence-corrected chi connectivity index (χ0v) is 24.9. The van der Waals surface area contributed by atoms with Crippen molar-refractivity contribution in [3.63, 3.8) is 0 Å². The Labute approximate surface area is 229 Å². The summed E-state index contributed by atoms with van der Waals surface area (Å²) in [5.74, 6) is 2.08. The summed E-state index contributed by atoms with van der Waals surface area (Å²) in [6.45, 7) is 14.1. The number of thioether (sulfide) groups is 1. The average Bonchev–Trinajstić information content (AvgIpc) is 3.69. The second kappa shape index (κ2) is 11.2. The number of fused-ring (bicyclic) bond motifs is 2. The molecule has 206 valence electrons. The lowest BCUT2D eigenvalue weighted by Gasteiger charge is -2.27. The molecular formula is C27H43N5O3S2. The Balaban J connectivity index is 0.000000206. The SMILES string of the molecule is CC(C)(C)S(=O)CC(N)C(=O)N1C(C#N)C[C@@H]2C[C@@H]21.CC(CSC(C)(C)C)C(=O)N1C(C#N)C[C@@H]2C[C@@H]21. The van der Waals surface area contributed by atoms with Crippen molar-refractivity contribution in [2.75, 3.05) is 11.5 Å². The topological polar surface area (TPSA) is 131 Å². The van der Waals surface area contributed by atoms with E-state index >= 15 is 0 Å². The summed E-state index contributed by atoms with van der Waals surface area (Å²) < 4.78 is 11.8. The predicted molar refractivity (Wildman–Crippen MR) is 148 cm³/mol. The van der Waals surface area contributed by atoms with E-state index in [4.69, 9.17) is 16.3 Å². The van der Waals surface area contributed by atoms with Crippen LogP contribution in [0.5, 0.6) is 0 Å². The maximum Gasteiger partial charge on any atom is 0.241 e. The molecule has 2 amide bonds. The number of hydrogen-bond acceptors (Lipinski definition) is 7. The van der Waals surface area contributed by atoms with Gasteiger partial charge in [0.15, 0.2) is 0 Å². The lowest BCUT2D eigenvalue weighted by molar-refractivity contribution is -0.135. The molecule has 4 fully saturated rings. The number of likely N-dealkylation sites (tertiary alicyclic amines) is 2. The van der Waals surface area contributed by atoms with Crippen molar-refractivity contribution in [3.05, 3.63) is 0 Å². The van der Waals surface area contributed by atoms with E-state index in [0.717, 1.165) is 31.4 Å². The highest BCUT2D eigenvalue weighted by Gasteiger charge is 2.55. The van der Waals surface area contributed by atoms with Crippen LogP contribution in [0.3, 0.4) is 0 Å². The van der Waals surface area contributed by atoms with Crippen molar-refractivity contribution in [2.24, 2.45) is 23.5 Å². The van der Waals surface area contributed by atoms with Gasteiger partial charge >= 0.3 is 0 Å². The van der Waals surface area contributed by atoms with Crippen molar-refractivity contribution < 1.29 is 13.8 Å². The molecule has 2 saturated carbocycles. The number of nitrogens with two attached hydrogens (primary N) is 1. The molecular weight excluding hydrogens is 506 g/mol. The number of hydrogen-bond donors (Lipinski definition) is 1. The Morgan fingerprint density at radius 1 is 0.946 bits per heavy atom. The number of rotatable bonds is 6. The van der Waals surface area contributed by atoms with Gasteiger partial charge in [0, 0.05) is 49.8 Å². The Morgan fingerprint density at radius 2 is 1.41 bits per heavy atom. The molecule has 0 aromatic rings. The molecule has 5 unspecified atom stereocenters. The van der Waals surface area contributed by atoms with E-state index in [9.17, 15) is 13.8 Å². The highest BCUT2D eigenvalue weighted by Crippen LogP contribution is 2.49. The van der Waals surface area contributed by atoms with Crippen LogP contribution in [0, 0.1) is 40.4 Å². The minimum Gasteiger partial charge on any atom is -0.323 e. The van der Waals surface area contributed by atoms with Crippen molar-refractivity contribution in [2.45, 2.75) is 114 Å². The van der Waals surface area contributed by atoms with Gasteiger partial charge in [0.05, 0.1) is 18.2 Å². The monoisotopic (exact) mass is 549 g/mol. The molecule has 0 aromatic carbocycles. The van der Waals surface area contributed by atoms with Crippen LogP contribution >= 0.6 is 11.8 Å². The van der Waals surface area contributed by atoms with Gasteiger partial charge in [0.2, 0.25) is 11.8 Å². The third-order valence-corrected chi connectivity index (χ3v) is 11.1. The normalized spacial score (nSPS) is 32.1. The van der Waals surface area contributed by atoms with Crippen LogP contribution in [0.25, 0.3) is 0 Å². The first-order chi connectivity index (χ1) is 17.1. The smallest absolute Gasteiger partial charge is 0.241 e. The first-order valence-corrected chi connectivity index (χ1v) is 15.6. The fourth-order valence-corrected chi connectivity index (χ4v) is 7.02. The molecule has 0 aromatic heterocycles. The van der Waals surface area contributed by atoms with Gasteiger partial charge in [-0.1, -0.05) is 27.7 Å². The molecule has 37 heavy (non-hydrogen) atoms. The Bertz CT molecular complexity index is 992. The maximum absolute atomic E-state index is 12.4. The molecule has 0 radical (unpaired) electrons. The van der Waals surface area contributed by atoms with Crippen molar-refractivity contribution in [1.29, 1.82) is 10.5 Å². The van der Waals surface area contributed by atoms with E-state index in [2.05, 4.69) is 32.9 Å². The van der Waals surface area contributed by atoms with Crippen molar-refractivity contribution in [1.82, 2.24) is 9.80 Å².